The van der Waals surface area contributed by atoms with Crippen LogP contribution in [-0.4, -0.2) is 63.4 Å². The summed E-state index contributed by atoms with van der Waals surface area (Å²) in [5.41, 5.74) is -1.04. The molecule has 196 valence electrons. The Labute approximate surface area is 203 Å². The van der Waals surface area contributed by atoms with Gasteiger partial charge in [-0.15, -0.1) is 10.2 Å². The number of rotatable bonds is 8. The Kier molecular flexibility index (Phi) is 7.30. The minimum absolute atomic E-state index is 0.0973. The summed E-state index contributed by atoms with van der Waals surface area (Å²) >= 11 is 0. The van der Waals surface area contributed by atoms with Crippen molar-refractivity contribution < 1.29 is 31.5 Å². The first kappa shape index (κ1) is 26.0. The number of amides is 1. The minimum atomic E-state index is -4.68. The summed E-state index contributed by atoms with van der Waals surface area (Å²) in [7, 11) is 0. The van der Waals surface area contributed by atoms with Gasteiger partial charge in [-0.25, -0.2) is 8.78 Å². The third kappa shape index (κ3) is 6.56. The van der Waals surface area contributed by atoms with Crippen LogP contribution in [0.15, 0.2) is 35.3 Å². The molecule has 36 heavy (non-hydrogen) atoms. The highest BCUT2D eigenvalue weighted by Gasteiger charge is 2.46. The van der Waals surface area contributed by atoms with Gasteiger partial charge in [-0.2, -0.15) is 13.2 Å². The minimum Gasteiger partial charge on any atom is -0.476 e. The molecule has 0 bridgehead atoms. The largest absolute Gasteiger partial charge is 0.476 e. The van der Waals surface area contributed by atoms with Gasteiger partial charge in [0, 0.05) is 37.8 Å². The number of ether oxygens (including phenoxy) is 1. The van der Waals surface area contributed by atoms with E-state index in [0.29, 0.717) is 23.0 Å². The average molecular weight is 515 g/mol. The number of piperidine rings is 1. The van der Waals surface area contributed by atoms with Gasteiger partial charge in [0.1, 0.15) is 6.54 Å². The van der Waals surface area contributed by atoms with E-state index in [2.05, 4.69) is 15.5 Å². The number of anilines is 1. The fourth-order valence-electron chi connectivity index (χ4n) is 4.05. The van der Waals surface area contributed by atoms with E-state index in [9.17, 15) is 31.5 Å². The lowest BCUT2D eigenvalue weighted by molar-refractivity contribution is -0.141. The van der Waals surface area contributed by atoms with Crippen molar-refractivity contribution in [1.29, 1.82) is 0 Å². The number of carbonyl (C=O) groups excluding carboxylic acids is 1. The van der Waals surface area contributed by atoms with Crippen molar-refractivity contribution in [3.8, 4) is 5.88 Å². The van der Waals surface area contributed by atoms with E-state index >= 15 is 0 Å². The van der Waals surface area contributed by atoms with Crippen LogP contribution >= 0.6 is 0 Å². The first-order chi connectivity index (χ1) is 16.9. The number of aromatic nitrogens is 3. The number of alkyl halides is 5. The highest BCUT2D eigenvalue weighted by atomic mass is 19.4. The van der Waals surface area contributed by atoms with E-state index < -0.39 is 48.5 Å². The van der Waals surface area contributed by atoms with Gasteiger partial charge < -0.3 is 14.6 Å². The molecule has 2 aromatic heterocycles. The van der Waals surface area contributed by atoms with Gasteiger partial charge >= 0.3 is 6.18 Å². The molecule has 0 spiro atoms. The van der Waals surface area contributed by atoms with Crippen molar-refractivity contribution in [2.24, 2.45) is 5.92 Å². The number of nitrogens with zero attached hydrogens (tertiary/aromatic N) is 4. The van der Waals surface area contributed by atoms with Gasteiger partial charge in [0.25, 0.3) is 11.5 Å². The van der Waals surface area contributed by atoms with Crippen LogP contribution in [0.2, 0.25) is 0 Å². The van der Waals surface area contributed by atoms with Gasteiger partial charge in [0.15, 0.2) is 5.82 Å². The Morgan fingerprint density at radius 3 is 2.61 bits per heavy atom. The Morgan fingerprint density at radius 2 is 1.97 bits per heavy atom. The first-order valence-electron chi connectivity index (χ1n) is 11.6. The molecule has 4 rings (SSSR count). The molecule has 1 aliphatic carbocycles. The fraction of sp³-hybridized carbons (Fsp3) is 0.565. The van der Waals surface area contributed by atoms with E-state index in [-0.39, 0.29) is 24.5 Å². The molecule has 1 N–H and O–H groups in total. The molecule has 8 nitrogen and oxygen atoms in total. The zero-order valence-electron chi connectivity index (χ0n) is 19.5. The van der Waals surface area contributed by atoms with Gasteiger partial charge in [-0.05, 0) is 37.3 Å². The third-order valence-electron chi connectivity index (χ3n) is 6.40. The molecule has 1 unspecified atom stereocenters. The van der Waals surface area contributed by atoms with Crippen LogP contribution in [0.5, 0.6) is 5.88 Å². The van der Waals surface area contributed by atoms with Crippen LogP contribution in [0.3, 0.4) is 0 Å². The molecule has 2 aliphatic rings. The average Bonchev–Trinajstić information content (AvgIpc) is 3.63. The summed E-state index contributed by atoms with van der Waals surface area (Å²) in [5, 5.41) is 10.4. The quantitative estimate of drug-likeness (QED) is 0.542. The normalized spacial score (nSPS) is 21.1. The highest BCUT2D eigenvalue weighted by Crippen LogP contribution is 2.40. The lowest BCUT2D eigenvalue weighted by Gasteiger charge is -2.40. The van der Waals surface area contributed by atoms with E-state index in [1.807, 2.05) is 0 Å². The monoisotopic (exact) mass is 515 g/mol. The van der Waals surface area contributed by atoms with Crippen molar-refractivity contribution in [2.75, 3.05) is 25.0 Å². The van der Waals surface area contributed by atoms with Crippen molar-refractivity contribution in [3.05, 3.63) is 46.4 Å². The summed E-state index contributed by atoms with van der Waals surface area (Å²) in [4.78, 5) is 26.1. The van der Waals surface area contributed by atoms with E-state index in [0.717, 1.165) is 31.2 Å². The van der Waals surface area contributed by atoms with Crippen LogP contribution in [0, 0.1) is 5.92 Å². The Bertz CT molecular complexity index is 1130. The summed E-state index contributed by atoms with van der Waals surface area (Å²) < 4.78 is 73.9. The molecule has 2 atom stereocenters. The first-order valence-corrected chi connectivity index (χ1v) is 11.6. The van der Waals surface area contributed by atoms with Gasteiger partial charge in [-0.3, -0.25) is 14.5 Å². The lowest BCUT2D eigenvalue weighted by Crippen LogP contribution is -2.52. The summed E-state index contributed by atoms with van der Waals surface area (Å²) in [6.07, 6.45) is -2.20. The molecule has 3 heterocycles. The number of nitrogens with one attached hydrogen (secondary N) is 1. The van der Waals surface area contributed by atoms with Crippen molar-refractivity contribution in [2.45, 2.75) is 56.8 Å². The second kappa shape index (κ2) is 10.1. The molecule has 2 aromatic rings. The molecule has 1 saturated carbocycles. The predicted molar refractivity (Wildman–Crippen MR) is 119 cm³/mol. The van der Waals surface area contributed by atoms with Crippen molar-refractivity contribution in [1.82, 2.24) is 19.7 Å². The maximum absolute atomic E-state index is 14.8. The van der Waals surface area contributed by atoms with Crippen LogP contribution in [0.4, 0.5) is 27.8 Å². The zero-order chi connectivity index (χ0) is 26.1. The lowest BCUT2D eigenvalue weighted by atomic mass is 9.87. The van der Waals surface area contributed by atoms with Crippen LogP contribution in [0.25, 0.3) is 0 Å². The predicted octanol–water partition coefficient (Wildman–Crippen LogP) is 3.44. The maximum atomic E-state index is 14.8. The number of likely N-dealkylation sites (tertiary alicyclic amines) is 1. The van der Waals surface area contributed by atoms with Crippen molar-refractivity contribution >= 4 is 11.7 Å². The Balaban J connectivity index is 1.42. The third-order valence-corrected chi connectivity index (χ3v) is 6.40. The smallest absolute Gasteiger partial charge is 0.406 e. The zero-order valence-corrected chi connectivity index (χ0v) is 19.5. The number of hydrogen-bond acceptors (Lipinski definition) is 6. The summed E-state index contributed by atoms with van der Waals surface area (Å²) in [6.45, 7) is 0.143. The molecule has 2 fully saturated rings. The SMILES string of the molecule is CC(C(=O)Nc1ccc(OCC2CC2)nn1)N1CCC(F)(F)[C@@H](c2ccc(=O)n(CC(F)(F)F)c2)C1. The van der Waals surface area contributed by atoms with Crippen LogP contribution in [-0.2, 0) is 11.3 Å². The number of carbonyl (C=O) groups is 1. The van der Waals surface area contributed by atoms with E-state index in [1.165, 1.54) is 11.0 Å². The number of halogens is 5. The number of hydrogen-bond donors (Lipinski definition) is 1. The molecular formula is C23H26F5N5O3. The fourth-order valence-corrected chi connectivity index (χ4v) is 4.05. The van der Waals surface area contributed by atoms with Crippen LogP contribution < -0.4 is 15.6 Å². The second-order valence-electron chi connectivity index (χ2n) is 9.28. The Morgan fingerprint density at radius 1 is 1.22 bits per heavy atom. The van der Waals surface area contributed by atoms with Gasteiger partial charge in [0.05, 0.1) is 18.6 Å². The van der Waals surface area contributed by atoms with Gasteiger partial charge in [0.2, 0.25) is 11.8 Å². The molecule has 1 amide bonds. The Hall–Kier alpha value is -3.09. The van der Waals surface area contributed by atoms with Gasteiger partial charge in [-0.1, -0.05) is 6.07 Å². The van der Waals surface area contributed by atoms with Crippen molar-refractivity contribution in [3.63, 3.8) is 0 Å². The molecule has 1 saturated heterocycles. The molecule has 0 radical (unpaired) electrons. The molecular weight excluding hydrogens is 489 g/mol. The van der Waals surface area contributed by atoms with E-state index in [4.69, 9.17) is 4.74 Å². The summed E-state index contributed by atoms with van der Waals surface area (Å²) in [6, 6.07) is 4.23. The second-order valence-corrected chi connectivity index (χ2v) is 9.28. The van der Waals surface area contributed by atoms with Crippen LogP contribution in [0.1, 0.15) is 37.7 Å². The maximum Gasteiger partial charge on any atom is 0.406 e. The summed E-state index contributed by atoms with van der Waals surface area (Å²) in [5.74, 6) is -4.17. The standard InChI is InChI=1S/C23H26F5N5O3/c1-14(21(35)29-18-5-6-19(31-30-18)36-12-15-2-3-15)32-9-8-22(24,25)17(11-32)16-4-7-20(34)33(10-16)13-23(26,27)28/h4-7,10,14-15,17H,2-3,8-9,11-13H2,1H3,(H,29,30,35)/t14?,17-/m1/s1. The highest BCUT2D eigenvalue weighted by molar-refractivity contribution is 5.93. The molecule has 13 heteroatoms. The number of pyridine rings is 1. The van der Waals surface area contributed by atoms with E-state index in [1.54, 1.807) is 13.0 Å². The topological polar surface area (TPSA) is 89.3 Å². The molecule has 0 aromatic carbocycles. The molecule has 1 aliphatic heterocycles.